The number of carbonyl (C=O) groups excluding carboxylic acids is 1. The molecule has 4 aromatic rings. The van der Waals surface area contributed by atoms with Crippen LogP contribution < -0.4 is 15.4 Å². The molecule has 0 aliphatic rings. The van der Waals surface area contributed by atoms with Crippen molar-refractivity contribution in [2.45, 2.75) is 13.3 Å². The molecule has 1 heterocycles. The van der Waals surface area contributed by atoms with Crippen molar-refractivity contribution in [3.8, 4) is 5.75 Å². The van der Waals surface area contributed by atoms with Crippen LogP contribution in [-0.4, -0.2) is 22.6 Å². The van der Waals surface area contributed by atoms with Gasteiger partial charge >= 0.3 is 0 Å². The van der Waals surface area contributed by atoms with Crippen LogP contribution in [0.3, 0.4) is 0 Å². The highest BCUT2D eigenvalue weighted by Crippen LogP contribution is 2.25. The molecule has 3 aromatic carbocycles. The van der Waals surface area contributed by atoms with E-state index in [9.17, 15) is 4.79 Å². The molecule has 0 aliphatic carbocycles. The average molecular weight is 500 g/mol. The summed E-state index contributed by atoms with van der Waals surface area (Å²) in [5, 5.41) is 6.79. The molecule has 1 amide bonds. The first-order chi connectivity index (χ1) is 15.9. The van der Waals surface area contributed by atoms with Gasteiger partial charge in [0.1, 0.15) is 11.3 Å². The van der Waals surface area contributed by atoms with E-state index in [0.717, 1.165) is 16.8 Å². The van der Waals surface area contributed by atoms with E-state index in [1.807, 2.05) is 31.2 Å². The van der Waals surface area contributed by atoms with Gasteiger partial charge in [-0.25, -0.2) is 4.98 Å². The van der Waals surface area contributed by atoms with Crippen LogP contribution in [0.1, 0.15) is 28.7 Å². The quantitative estimate of drug-likeness (QED) is 0.305. The zero-order valence-electron chi connectivity index (χ0n) is 17.5. The molecule has 0 fully saturated rings. The zero-order valence-corrected chi connectivity index (χ0v) is 19.9. The summed E-state index contributed by atoms with van der Waals surface area (Å²) in [5.74, 6) is 0.757. The molecule has 0 saturated carbocycles. The summed E-state index contributed by atoms with van der Waals surface area (Å²) in [6, 6.07) is 17.8. The summed E-state index contributed by atoms with van der Waals surface area (Å²) >= 11 is 17.4. The third kappa shape index (κ3) is 5.82. The molecule has 9 heteroatoms. The summed E-state index contributed by atoms with van der Waals surface area (Å²) in [6.45, 7) is 2.35. The monoisotopic (exact) mass is 499 g/mol. The van der Waals surface area contributed by atoms with Gasteiger partial charge in [0.05, 0.1) is 11.6 Å². The summed E-state index contributed by atoms with van der Waals surface area (Å²) < 4.78 is 11.1. The van der Waals surface area contributed by atoms with Crippen LogP contribution in [0.15, 0.2) is 65.1 Å². The molecule has 6 nitrogen and oxygen atoms in total. The lowest BCUT2D eigenvalue weighted by Gasteiger charge is -2.11. The number of hydrogen-bond donors (Lipinski definition) is 2. The Bertz CT molecular complexity index is 1320. The highest BCUT2D eigenvalue weighted by molar-refractivity contribution is 7.80. The van der Waals surface area contributed by atoms with Crippen molar-refractivity contribution < 1.29 is 13.9 Å². The lowest BCUT2D eigenvalue weighted by molar-refractivity contribution is 0.0977. The number of carbonyl (C=O) groups is 1. The number of amides is 1. The maximum atomic E-state index is 12.5. The van der Waals surface area contributed by atoms with Crippen molar-refractivity contribution in [1.29, 1.82) is 0 Å². The molecule has 0 aliphatic heterocycles. The number of ether oxygens (including phenoxy) is 1. The Morgan fingerprint density at radius 3 is 2.61 bits per heavy atom. The van der Waals surface area contributed by atoms with Gasteiger partial charge in [-0.3, -0.25) is 10.1 Å². The van der Waals surface area contributed by atoms with Crippen LogP contribution in [0.4, 0.5) is 5.69 Å². The van der Waals surface area contributed by atoms with E-state index in [0.29, 0.717) is 45.9 Å². The Balaban J connectivity index is 1.34. The second kappa shape index (κ2) is 10.2. The van der Waals surface area contributed by atoms with E-state index in [1.165, 1.54) is 0 Å². The van der Waals surface area contributed by atoms with Crippen molar-refractivity contribution in [2.75, 3.05) is 11.9 Å². The predicted molar refractivity (Wildman–Crippen MR) is 135 cm³/mol. The fraction of sp³-hybridized carbons (Fsp3) is 0.125. The molecule has 1 aromatic heterocycles. The number of thiocarbonyl (C=S) groups is 1. The molecule has 0 bridgehead atoms. The number of oxazole rings is 1. The lowest BCUT2D eigenvalue weighted by Crippen LogP contribution is -2.34. The van der Waals surface area contributed by atoms with Crippen LogP contribution >= 0.6 is 35.4 Å². The Morgan fingerprint density at radius 1 is 1.09 bits per heavy atom. The van der Waals surface area contributed by atoms with Gasteiger partial charge in [-0.15, -0.1) is 0 Å². The number of benzene rings is 3. The highest BCUT2D eigenvalue weighted by Gasteiger charge is 2.12. The van der Waals surface area contributed by atoms with Gasteiger partial charge in [0, 0.05) is 22.7 Å². The first-order valence-electron chi connectivity index (χ1n) is 10.1. The molecular formula is C24H19Cl2N3O3S. The molecule has 33 heavy (non-hydrogen) atoms. The number of fused-ring (bicyclic) bond motifs is 1. The van der Waals surface area contributed by atoms with Crippen LogP contribution in [-0.2, 0) is 6.42 Å². The second-order valence-corrected chi connectivity index (χ2v) is 8.33. The highest BCUT2D eigenvalue weighted by atomic mass is 35.5. The van der Waals surface area contributed by atoms with Gasteiger partial charge in [-0.05, 0) is 73.2 Å². The number of aromatic nitrogens is 1. The first kappa shape index (κ1) is 23.0. The molecule has 0 unspecified atom stereocenters. The lowest BCUT2D eigenvalue weighted by atomic mass is 10.1. The fourth-order valence-electron chi connectivity index (χ4n) is 3.16. The van der Waals surface area contributed by atoms with Crippen molar-refractivity contribution in [3.05, 3.63) is 87.7 Å². The van der Waals surface area contributed by atoms with E-state index in [-0.39, 0.29) is 11.0 Å². The van der Waals surface area contributed by atoms with Gasteiger partial charge in [0.2, 0.25) is 0 Å². The van der Waals surface area contributed by atoms with Crippen LogP contribution in [0.5, 0.6) is 5.75 Å². The number of hydrogen-bond acceptors (Lipinski definition) is 5. The Morgan fingerprint density at radius 2 is 1.88 bits per heavy atom. The van der Waals surface area contributed by atoms with Crippen LogP contribution in [0.2, 0.25) is 10.0 Å². The first-order valence-corrected chi connectivity index (χ1v) is 11.3. The Hall–Kier alpha value is -3.13. The van der Waals surface area contributed by atoms with E-state index >= 15 is 0 Å². The second-order valence-electron chi connectivity index (χ2n) is 7.08. The predicted octanol–water partition coefficient (Wildman–Crippen LogP) is 6.25. The number of rotatable bonds is 6. The van der Waals surface area contributed by atoms with Crippen molar-refractivity contribution in [3.63, 3.8) is 0 Å². The van der Waals surface area contributed by atoms with E-state index < -0.39 is 0 Å². The van der Waals surface area contributed by atoms with Gasteiger partial charge < -0.3 is 14.5 Å². The van der Waals surface area contributed by atoms with E-state index in [1.54, 1.807) is 36.4 Å². The molecule has 4 rings (SSSR count). The van der Waals surface area contributed by atoms with Gasteiger partial charge in [0.25, 0.3) is 5.91 Å². The number of nitrogens with zero attached hydrogens (tertiary/aromatic N) is 1. The molecule has 2 N–H and O–H groups in total. The smallest absolute Gasteiger partial charge is 0.257 e. The molecule has 168 valence electrons. The Labute approximate surface area is 205 Å². The number of halogens is 2. The van der Waals surface area contributed by atoms with Crippen molar-refractivity contribution in [1.82, 2.24) is 10.3 Å². The van der Waals surface area contributed by atoms with E-state index in [2.05, 4.69) is 15.6 Å². The summed E-state index contributed by atoms with van der Waals surface area (Å²) in [4.78, 5) is 16.9. The molecule has 0 saturated heterocycles. The molecular weight excluding hydrogens is 481 g/mol. The van der Waals surface area contributed by atoms with Crippen molar-refractivity contribution in [2.24, 2.45) is 0 Å². The SMILES string of the molecule is CCOc1ccc(C(=O)NC(=S)Nc2ccc(Cc3nc4cc(Cl)ccc4o3)cc2)cc1Cl. The topological polar surface area (TPSA) is 76.4 Å². The molecule has 0 spiro atoms. The largest absolute Gasteiger partial charge is 0.492 e. The third-order valence-corrected chi connectivity index (χ3v) is 5.42. The fourth-order valence-corrected chi connectivity index (χ4v) is 3.77. The Kier molecular flexibility index (Phi) is 7.13. The number of anilines is 1. The van der Waals surface area contributed by atoms with Gasteiger partial charge in [-0.1, -0.05) is 35.3 Å². The molecule has 0 atom stereocenters. The summed E-state index contributed by atoms with van der Waals surface area (Å²) in [5.41, 5.74) is 3.55. The number of nitrogens with one attached hydrogen (secondary N) is 2. The van der Waals surface area contributed by atoms with Crippen molar-refractivity contribution >= 4 is 63.2 Å². The van der Waals surface area contributed by atoms with Gasteiger partial charge in [-0.2, -0.15) is 0 Å². The summed E-state index contributed by atoms with van der Waals surface area (Å²) in [7, 11) is 0. The molecule has 0 radical (unpaired) electrons. The van der Waals surface area contributed by atoms with E-state index in [4.69, 9.17) is 44.6 Å². The minimum atomic E-state index is -0.370. The standard InChI is InChI=1S/C24H19Cl2N3O3S/c1-2-31-20-9-5-15(12-18(20)26)23(30)29-24(33)27-17-7-3-14(4-8-17)11-22-28-19-13-16(25)6-10-21(19)32-22/h3-10,12-13H,2,11H2,1H3,(H2,27,29,30,33). The third-order valence-electron chi connectivity index (χ3n) is 4.68. The maximum absolute atomic E-state index is 12.5. The summed E-state index contributed by atoms with van der Waals surface area (Å²) in [6.07, 6.45) is 0.534. The average Bonchev–Trinajstić information content (AvgIpc) is 3.17. The van der Waals surface area contributed by atoms with Gasteiger partial charge in [0.15, 0.2) is 16.6 Å². The minimum absolute atomic E-state index is 0.175. The zero-order chi connectivity index (χ0) is 23.4. The normalized spacial score (nSPS) is 10.8. The van der Waals surface area contributed by atoms with Crippen LogP contribution in [0.25, 0.3) is 11.1 Å². The minimum Gasteiger partial charge on any atom is -0.492 e. The van der Waals surface area contributed by atoms with Crippen LogP contribution in [0, 0.1) is 0 Å². The maximum Gasteiger partial charge on any atom is 0.257 e.